The molecule has 1 aromatic heterocycles. The van der Waals surface area contributed by atoms with E-state index in [0.29, 0.717) is 0 Å². The van der Waals surface area contributed by atoms with Crippen molar-refractivity contribution in [1.82, 2.24) is 4.57 Å². The fourth-order valence-electron chi connectivity index (χ4n) is 1.55. The number of aryl methyl sites for hydroxylation is 1. The van der Waals surface area contributed by atoms with E-state index in [1.54, 1.807) is 23.8 Å². The number of allylic oxidation sites excluding steroid dienone is 1. The molecule has 0 N–H and O–H groups in total. The Morgan fingerprint density at radius 1 is 1.38 bits per heavy atom. The van der Waals surface area contributed by atoms with Crippen LogP contribution in [0.5, 0.6) is 0 Å². The van der Waals surface area contributed by atoms with E-state index in [2.05, 4.69) is 6.58 Å². The van der Waals surface area contributed by atoms with Gasteiger partial charge in [0.05, 0.1) is 0 Å². The second kappa shape index (κ2) is 6.83. The van der Waals surface area contributed by atoms with E-state index in [1.165, 1.54) is 0 Å². The van der Waals surface area contributed by atoms with E-state index in [-0.39, 0.29) is 5.56 Å². The highest BCUT2D eigenvalue weighted by Gasteiger charge is 1.96. The molecule has 0 atom stereocenters. The molecule has 0 spiro atoms. The van der Waals surface area contributed by atoms with Crippen molar-refractivity contribution in [2.24, 2.45) is 7.05 Å². The molecule has 0 bridgehead atoms. The lowest BCUT2D eigenvalue weighted by molar-refractivity contribution is 0.812. The molecule has 1 heterocycles. The van der Waals surface area contributed by atoms with E-state index in [4.69, 9.17) is 0 Å². The minimum atomic E-state index is 0.0248. The third kappa shape index (κ3) is 2.96. The summed E-state index contributed by atoms with van der Waals surface area (Å²) in [6, 6.07) is 1.64. The van der Waals surface area contributed by atoms with Crippen LogP contribution in [0.2, 0.25) is 0 Å². The molecule has 0 saturated carbocycles. The van der Waals surface area contributed by atoms with E-state index in [0.717, 1.165) is 16.1 Å². The van der Waals surface area contributed by atoms with Gasteiger partial charge in [-0.25, -0.2) is 0 Å². The lowest BCUT2D eigenvalue weighted by atomic mass is 10.2. The van der Waals surface area contributed by atoms with Crippen molar-refractivity contribution in [3.8, 4) is 0 Å². The van der Waals surface area contributed by atoms with Gasteiger partial charge in [0.2, 0.25) is 0 Å². The first-order valence-corrected chi connectivity index (χ1v) is 5.57. The topological polar surface area (TPSA) is 22.0 Å². The maximum atomic E-state index is 11.5. The smallest absolute Gasteiger partial charge is 0.251 e. The monoisotopic (exact) mass is 219 g/mol. The minimum absolute atomic E-state index is 0.0248. The molecule has 0 aliphatic heterocycles. The molecular weight excluding hydrogens is 198 g/mol. The average Bonchev–Trinajstić information content (AvgIpc) is 2.29. The highest BCUT2D eigenvalue weighted by Crippen LogP contribution is 1.79. The Bertz CT molecular complexity index is 521. The van der Waals surface area contributed by atoms with Gasteiger partial charge in [-0.3, -0.25) is 4.79 Å². The molecule has 0 saturated heterocycles. The predicted molar refractivity (Wildman–Crippen MR) is 71.8 cm³/mol. The van der Waals surface area contributed by atoms with Gasteiger partial charge in [0, 0.05) is 23.7 Å². The Kier molecular flexibility index (Phi) is 6.16. The Balaban J connectivity index is 0.00000106. The summed E-state index contributed by atoms with van der Waals surface area (Å²) in [7, 11) is 1.78. The van der Waals surface area contributed by atoms with Crippen LogP contribution in [0.3, 0.4) is 0 Å². The summed E-state index contributed by atoms with van der Waals surface area (Å²) in [5, 5.41) is 2.00. The molecule has 2 heteroatoms. The number of nitrogens with zero attached hydrogens (tertiary/aromatic N) is 1. The predicted octanol–water partition coefficient (Wildman–Crippen LogP) is 1.49. The van der Waals surface area contributed by atoms with Crippen molar-refractivity contribution < 1.29 is 0 Å². The van der Waals surface area contributed by atoms with Crippen LogP contribution < -0.4 is 16.1 Å². The number of hydrogen-bond donors (Lipinski definition) is 0. The summed E-state index contributed by atoms with van der Waals surface area (Å²) in [6.45, 7) is 11.5. The minimum Gasteiger partial charge on any atom is -0.312 e. The summed E-state index contributed by atoms with van der Waals surface area (Å²) >= 11 is 0. The van der Waals surface area contributed by atoms with Gasteiger partial charge in [0.25, 0.3) is 5.56 Å². The molecule has 0 radical (unpaired) electrons. The molecular formula is C14H21NO. The first-order valence-electron chi connectivity index (χ1n) is 5.57. The molecule has 16 heavy (non-hydrogen) atoms. The van der Waals surface area contributed by atoms with Crippen LogP contribution in [-0.2, 0) is 7.05 Å². The zero-order valence-corrected chi connectivity index (χ0v) is 10.9. The molecule has 0 amide bonds. The maximum Gasteiger partial charge on any atom is 0.251 e. The summed E-state index contributed by atoms with van der Waals surface area (Å²) < 4.78 is 1.64. The lowest BCUT2D eigenvalue weighted by Gasteiger charge is -2.02. The molecule has 88 valence electrons. The zero-order valence-electron chi connectivity index (χ0n) is 10.9. The Morgan fingerprint density at radius 3 is 2.38 bits per heavy atom. The SMILES string of the molecule is C=C/C=c1/c(C)cc(=O)n(C)/c1=C/C.CC. The third-order valence-electron chi connectivity index (χ3n) is 2.29. The number of aromatic nitrogens is 1. The van der Waals surface area contributed by atoms with Gasteiger partial charge in [-0.15, -0.1) is 0 Å². The summed E-state index contributed by atoms with van der Waals surface area (Å²) in [4.78, 5) is 11.5. The first kappa shape index (κ1) is 14.4. The van der Waals surface area contributed by atoms with Crippen molar-refractivity contribution in [1.29, 1.82) is 0 Å². The molecule has 1 rings (SSSR count). The van der Waals surface area contributed by atoms with Gasteiger partial charge in [-0.1, -0.05) is 38.7 Å². The Hall–Kier alpha value is -1.57. The van der Waals surface area contributed by atoms with Crippen LogP contribution in [-0.4, -0.2) is 4.57 Å². The van der Waals surface area contributed by atoms with E-state index < -0.39 is 0 Å². The summed E-state index contributed by atoms with van der Waals surface area (Å²) in [5.41, 5.74) is 1.01. The van der Waals surface area contributed by atoms with Crippen molar-refractivity contribution >= 4 is 12.2 Å². The largest absolute Gasteiger partial charge is 0.312 e. The van der Waals surface area contributed by atoms with Gasteiger partial charge >= 0.3 is 0 Å². The molecule has 1 aromatic rings. The first-order chi connectivity index (χ1) is 7.61. The van der Waals surface area contributed by atoms with Gasteiger partial charge < -0.3 is 4.57 Å². The molecule has 2 nitrogen and oxygen atoms in total. The van der Waals surface area contributed by atoms with Crippen LogP contribution >= 0.6 is 0 Å². The van der Waals surface area contributed by atoms with Gasteiger partial charge in [-0.05, 0) is 19.4 Å². The quantitative estimate of drug-likeness (QED) is 0.701. The van der Waals surface area contributed by atoms with Crippen LogP contribution in [0.15, 0.2) is 23.5 Å². The second-order valence-electron chi connectivity index (χ2n) is 3.21. The number of hydrogen-bond acceptors (Lipinski definition) is 1. The van der Waals surface area contributed by atoms with Crippen LogP contribution in [0.1, 0.15) is 26.3 Å². The van der Waals surface area contributed by atoms with Crippen molar-refractivity contribution in [3.63, 3.8) is 0 Å². The van der Waals surface area contributed by atoms with Crippen molar-refractivity contribution in [2.75, 3.05) is 0 Å². The molecule has 0 unspecified atom stereocenters. The van der Waals surface area contributed by atoms with Gasteiger partial charge in [-0.2, -0.15) is 0 Å². The Morgan fingerprint density at radius 2 is 1.94 bits per heavy atom. The maximum absolute atomic E-state index is 11.5. The fraction of sp³-hybridized carbons (Fsp3) is 0.357. The highest BCUT2D eigenvalue weighted by molar-refractivity contribution is 5.39. The lowest BCUT2D eigenvalue weighted by Crippen LogP contribution is -2.42. The third-order valence-corrected chi connectivity index (χ3v) is 2.29. The standard InChI is InChI=1S/C12H15NO.C2H6/c1-5-7-10-9(3)8-12(14)13(4)11(10)6-2;1-2/h5-8H,1H2,2-4H3;1-2H3/b10-7-,11-6+;. The second-order valence-corrected chi connectivity index (χ2v) is 3.21. The molecule has 0 aliphatic carbocycles. The van der Waals surface area contributed by atoms with Gasteiger partial charge in [0.15, 0.2) is 0 Å². The fourth-order valence-corrected chi connectivity index (χ4v) is 1.55. The zero-order chi connectivity index (χ0) is 12.7. The van der Waals surface area contributed by atoms with Gasteiger partial charge in [0.1, 0.15) is 0 Å². The molecule has 0 aromatic carbocycles. The normalized spacial score (nSPS) is 12.1. The Labute approximate surface area is 97.2 Å². The van der Waals surface area contributed by atoms with E-state index in [1.807, 2.05) is 39.8 Å². The van der Waals surface area contributed by atoms with Crippen LogP contribution in [0.4, 0.5) is 0 Å². The molecule has 0 aliphatic rings. The van der Waals surface area contributed by atoms with Crippen molar-refractivity contribution in [3.05, 3.63) is 45.2 Å². The number of pyridine rings is 1. The highest BCUT2D eigenvalue weighted by atomic mass is 16.1. The average molecular weight is 219 g/mol. The van der Waals surface area contributed by atoms with E-state index >= 15 is 0 Å². The van der Waals surface area contributed by atoms with Crippen molar-refractivity contribution in [2.45, 2.75) is 27.7 Å². The van der Waals surface area contributed by atoms with Crippen LogP contribution in [0, 0.1) is 6.92 Å². The van der Waals surface area contributed by atoms with Crippen LogP contribution in [0.25, 0.3) is 12.2 Å². The number of rotatable bonds is 1. The molecule has 0 fully saturated rings. The van der Waals surface area contributed by atoms with E-state index in [9.17, 15) is 4.79 Å². The summed E-state index contributed by atoms with van der Waals surface area (Å²) in [6.07, 6.45) is 5.59. The summed E-state index contributed by atoms with van der Waals surface area (Å²) in [5.74, 6) is 0.